The predicted molar refractivity (Wildman–Crippen MR) is 136 cm³/mol. The lowest BCUT2D eigenvalue weighted by molar-refractivity contribution is 0.328. The number of likely N-dealkylation sites (N-methyl/N-ethyl adjacent to an activating group) is 2. The molecular weight excluding hydrogens is 457 g/mol. The predicted octanol–water partition coefficient (Wildman–Crippen LogP) is 3.70. The summed E-state index contributed by atoms with van der Waals surface area (Å²) in [4.78, 5) is 30.4. The second-order valence-corrected chi connectivity index (χ2v) is 8.80. The van der Waals surface area contributed by atoms with Crippen LogP contribution < -0.4 is 11.1 Å². The number of rotatable bonds is 9. The summed E-state index contributed by atoms with van der Waals surface area (Å²) < 4.78 is 16.2. The topological polar surface area (TPSA) is 66.3 Å². The maximum Gasteiger partial charge on any atom is 0.280 e. The third kappa shape index (κ3) is 5.08. The van der Waals surface area contributed by atoms with Crippen molar-refractivity contribution in [2.24, 2.45) is 0 Å². The maximum atomic E-state index is 13.5. The van der Waals surface area contributed by atoms with E-state index >= 15 is 0 Å². The number of hydrogen-bond donors (Lipinski definition) is 1. The number of fused-ring (bicyclic) bond motifs is 1. The molecule has 0 radical (unpaired) electrons. The molecule has 7 nitrogen and oxygen atoms in total. The molecule has 1 aromatic carbocycles. The van der Waals surface area contributed by atoms with Gasteiger partial charge in [0.15, 0.2) is 0 Å². The van der Waals surface area contributed by atoms with E-state index < -0.39 is 5.82 Å². The molecule has 9 heteroatoms. The monoisotopic (exact) mass is 485 g/mol. The van der Waals surface area contributed by atoms with Gasteiger partial charge in [-0.15, -0.1) is 0 Å². The highest BCUT2D eigenvalue weighted by molar-refractivity contribution is 6.32. The summed E-state index contributed by atoms with van der Waals surface area (Å²) in [6.07, 6.45) is 3.47. The van der Waals surface area contributed by atoms with Crippen LogP contribution in [0.4, 0.5) is 4.39 Å². The van der Waals surface area contributed by atoms with Crippen molar-refractivity contribution in [3.63, 3.8) is 0 Å². The van der Waals surface area contributed by atoms with E-state index in [9.17, 15) is 14.0 Å². The van der Waals surface area contributed by atoms with Gasteiger partial charge in [0, 0.05) is 37.6 Å². The van der Waals surface area contributed by atoms with Crippen LogP contribution in [-0.4, -0.2) is 58.4 Å². The first-order chi connectivity index (χ1) is 16.0. The van der Waals surface area contributed by atoms with Crippen molar-refractivity contribution in [3.8, 4) is 5.69 Å². The lowest BCUT2D eigenvalue weighted by atomic mass is 10.1. The second-order valence-electron chi connectivity index (χ2n) is 8.39. The largest absolute Gasteiger partial charge is 0.374 e. The van der Waals surface area contributed by atoms with E-state index in [0.717, 1.165) is 30.4 Å². The average molecular weight is 486 g/mol. The first-order valence-corrected chi connectivity index (χ1v) is 11.1. The molecule has 0 aliphatic carbocycles. The zero-order valence-corrected chi connectivity index (χ0v) is 20.6. The van der Waals surface area contributed by atoms with Crippen molar-refractivity contribution < 1.29 is 4.39 Å². The van der Waals surface area contributed by atoms with Crippen molar-refractivity contribution in [1.29, 1.82) is 0 Å². The van der Waals surface area contributed by atoms with Gasteiger partial charge in [0.2, 0.25) is 0 Å². The number of H-pyrrole nitrogens is 1. The van der Waals surface area contributed by atoms with Crippen LogP contribution in [0.5, 0.6) is 0 Å². The summed E-state index contributed by atoms with van der Waals surface area (Å²) in [5.74, 6) is -0.508. The molecule has 180 valence electrons. The molecule has 3 rings (SSSR count). The molecule has 0 atom stereocenters. The quantitative estimate of drug-likeness (QED) is 0.469. The Bertz CT molecular complexity index is 1400. The van der Waals surface area contributed by atoms with Crippen molar-refractivity contribution in [3.05, 3.63) is 98.1 Å². The first kappa shape index (κ1) is 25.3. The third-order valence-corrected chi connectivity index (χ3v) is 6.03. The van der Waals surface area contributed by atoms with E-state index in [4.69, 9.17) is 11.6 Å². The lowest BCUT2D eigenvalue weighted by Crippen LogP contribution is -2.30. The van der Waals surface area contributed by atoms with Crippen LogP contribution in [-0.2, 0) is 6.54 Å². The van der Waals surface area contributed by atoms with Crippen LogP contribution in [0.1, 0.15) is 5.69 Å². The van der Waals surface area contributed by atoms with E-state index in [1.165, 1.54) is 27.4 Å². The molecule has 3 aromatic rings. The van der Waals surface area contributed by atoms with Crippen LogP contribution in [0.25, 0.3) is 16.6 Å². The van der Waals surface area contributed by atoms with E-state index in [1.807, 2.05) is 32.1 Å². The SMILES string of the molecule is C=C/C=C(/Cn1c(C)c2c(=O)n(-c3ccc(F)cc3Cl)[nH]c2cc1=O)C(=C)N(C)CCN(C)C. The Kier molecular flexibility index (Phi) is 7.64. The van der Waals surface area contributed by atoms with Gasteiger partial charge in [-0.05, 0) is 44.8 Å². The molecule has 0 unspecified atom stereocenters. The number of aromatic amines is 1. The van der Waals surface area contributed by atoms with Gasteiger partial charge < -0.3 is 14.4 Å². The van der Waals surface area contributed by atoms with E-state index in [-0.39, 0.29) is 22.7 Å². The number of nitrogens with one attached hydrogen (secondary N) is 1. The molecule has 0 bridgehead atoms. The molecule has 2 heterocycles. The van der Waals surface area contributed by atoms with Crippen molar-refractivity contribution >= 4 is 22.5 Å². The Labute approximate surface area is 202 Å². The highest BCUT2D eigenvalue weighted by Gasteiger charge is 2.18. The number of pyridine rings is 1. The Morgan fingerprint density at radius 1 is 1.21 bits per heavy atom. The van der Waals surface area contributed by atoms with Gasteiger partial charge in [0.25, 0.3) is 11.1 Å². The highest BCUT2D eigenvalue weighted by atomic mass is 35.5. The van der Waals surface area contributed by atoms with Gasteiger partial charge in [0.1, 0.15) is 5.82 Å². The molecule has 0 saturated heterocycles. The number of benzene rings is 1. The number of hydrogen-bond acceptors (Lipinski definition) is 4. The lowest BCUT2D eigenvalue weighted by Gasteiger charge is -2.26. The summed E-state index contributed by atoms with van der Waals surface area (Å²) in [6, 6.07) is 5.14. The van der Waals surface area contributed by atoms with Crippen LogP contribution in [0.15, 0.2) is 70.4 Å². The van der Waals surface area contributed by atoms with Gasteiger partial charge in [-0.25, -0.2) is 9.07 Å². The first-order valence-electron chi connectivity index (χ1n) is 10.7. The van der Waals surface area contributed by atoms with Gasteiger partial charge in [-0.2, -0.15) is 0 Å². The molecule has 0 aliphatic rings. The van der Waals surface area contributed by atoms with Gasteiger partial charge >= 0.3 is 0 Å². The van der Waals surface area contributed by atoms with Gasteiger partial charge in [-0.3, -0.25) is 14.7 Å². The van der Waals surface area contributed by atoms with Crippen molar-refractivity contribution in [2.45, 2.75) is 13.5 Å². The molecule has 0 saturated carbocycles. The zero-order valence-electron chi connectivity index (χ0n) is 19.9. The minimum Gasteiger partial charge on any atom is -0.374 e. The van der Waals surface area contributed by atoms with Gasteiger partial charge in [0.05, 0.1) is 28.2 Å². The summed E-state index contributed by atoms with van der Waals surface area (Å²) in [5.41, 5.74) is 2.08. The summed E-state index contributed by atoms with van der Waals surface area (Å²) in [6.45, 7) is 11.5. The van der Waals surface area contributed by atoms with Gasteiger partial charge in [-0.1, -0.05) is 36.9 Å². The van der Waals surface area contributed by atoms with Crippen LogP contribution in [0.2, 0.25) is 5.02 Å². The Morgan fingerprint density at radius 3 is 2.53 bits per heavy atom. The maximum absolute atomic E-state index is 13.5. The minimum atomic E-state index is -0.508. The van der Waals surface area contributed by atoms with E-state index in [2.05, 4.69) is 23.2 Å². The molecule has 0 spiro atoms. The minimum absolute atomic E-state index is 0.0785. The smallest absolute Gasteiger partial charge is 0.280 e. The van der Waals surface area contributed by atoms with Crippen molar-refractivity contribution in [2.75, 3.05) is 34.2 Å². The molecule has 2 aromatic heterocycles. The number of aromatic nitrogens is 3. The molecule has 0 amide bonds. The fourth-order valence-electron chi connectivity index (χ4n) is 3.72. The number of nitrogens with zero attached hydrogens (tertiary/aromatic N) is 4. The zero-order chi connectivity index (χ0) is 25.2. The molecule has 0 aliphatic heterocycles. The summed E-state index contributed by atoms with van der Waals surface area (Å²) >= 11 is 6.16. The van der Waals surface area contributed by atoms with Crippen LogP contribution in [0, 0.1) is 12.7 Å². The number of halogens is 2. The highest BCUT2D eigenvalue weighted by Crippen LogP contribution is 2.22. The van der Waals surface area contributed by atoms with Crippen LogP contribution in [0.3, 0.4) is 0 Å². The van der Waals surface area contributed by atoms with E-state index in [0.29, 0.717) is 22.3 Å². The van der Waals surface area contributed by atoms with E-state index in [1.54, 1.807) is 13.0 Å². The molecule has 1 N–H and O–H groups in total. The average Bonchev–Trinajstić information content (AvgIpc) is 3.09. The third-order valence-electron chi connectivity index (χ3n) is 5.73. The Balaban J connectivity index is 2.06. The fourth-order valence-corrected chi connectivity index (χ4v) is 3.97. The normalized spacial score (nSPS) is 11.9. The molecule has 0 fully saturated rings. The van der Waals surface area contributed by atoms with Crippen molar-refractivity contribution in [1.82, 2.24) is 24.1 Å². The molecule has 34 heavy (non-hydrogen) atoms. The fraction of sp³-hybridized carbons (Fsp3) is 0.280. The summed E-state index contributed by atoms with van der Waals surface area (Å²) in [5, 5.41) is 3.35. The summed E-state index contributed by atoms with van der Waals surface area (Å²) in [7, 11) is 5.94. The number of allylic oxidation sites excluding steroid dienone is 3. The Hall–Kier alpha value is -3.36. The second kappa shape index (κ2) is 10.3. The number of aryl methyl sites for hydroxylation is 1. The Morgan fingerprint density at radius 2 is 1.91 bits per heavy atom. The standard InChI is InChI=1S/C25H29ClFN5O2/c1-7-8-18(16(2)30(6)12-11-29(4)5)15-31-17(3)24-21(14-23(31)33)28-32(25(24)34)22-10-9-19(27)13-20(22)26/h7-10,13-14,28H,1-2,11-12,15H2,3-6H3/b18-8-. The van der Waals surface area contributed by atoms with Crippen LogP contribution >= 0.6 is 11.6 Å². The molecular formula is C25H29ClFN5O2.